The summed E-state index contributed by atoms with van der Waals surface area (Å²) in [7, 11) is 1.86. The minimum atomic E-state index is 0.122. The van der Waals surface area contributed by atoms with Crippen molar-refractivity contribution in [1.82, 2.24) is 29.2 Å². The van der Waals surface area contributed by atoms with E-state index in [9.17, 15) is 4.79 Å². The summed E-state index contributed by atoms with van der Waals surface area (Å²) in [4.78, 5) is 24.1. The molecule has 4 heterocycles. The number of aromatic nitrogens is 5. The molecular formula is C28H32N8O. The Hall–Kier alpha value is -4.14. The predicted molar refractivity (Wildman–Crippen MR) is 143 cm³/mol. The first-order valence-corrected chi connectivity index (χ1v) is 12.7. The van der Waals surface area contributed by atoms with E-state index in [-0.39, 0.29) is 17.3 Å². The molecule has 1 aliphatic carbocycles. The number of nitrogen functional groups attached to an aromatic ring is 1. The maximum Gasteiger partial charge on any atom is 0.270 e. The molecule has 9 nitrogen and oxygen atoms in total. The number of benzene rings is 1. The average Bonchev–Trinajstić information content (AvgIpc) is 3.48. The highest BCUT2D eigenvalue weighted by Crippen LogP contribution is 2.39. The molecule has 0 unspecified atom stereocenters. The van der Waals surface area contributed by atoms with Crippen molar-refractivity contribution >= 4 is 23.4 Å². The van der Waals surface area contributed by atoms with Gasteiger partial charge >= 0.3 is 0 Å². The zero-order valence-electron chi connectivity index (χ0n) is 21.7. The Labute approximate surface area is 216 Å². The zero-order chi connectivity index (χ0) is 25.9. The van der Waals surface area contributed by atoms with Crippen molar-refractivity contribution < 1.29 is 4.79 Å². The van der Waals surface area contributed by atoms with Gasteiger partial charge in [-0.25, -0.2) is 4.98 Å². The molecule has 0 fully saturated rings. The van der Waals surface area contributed by atoms with Gasteiger partial charge < -0.3 is 20.5 Å². The van der Waals surface area contributed by atoms with E-state index in [0.717, 1.165) is 59.7 Å². The molecular weight excluding hydrogens is 464 g/mol. The van der Waals surface area contributed by atoms with Crippen LogP contribution in [0.2, 0.25) is 0 Å². The van der Waals surface area contributed by atoms with Crippen molar-refractivity contribution in [3.8, 4) is 11.3 Å². The molecule has 3 N–H and O–H groups in total. The first-order valence-electron chi connectivity index (χ1n) is 12.7. The third-order valence-electron chi connectivity index (χ3n) is 7.43. The number of hydrogen-bond acceptors (Lipinski definition) is 6. The second-order valence-corrected chi connectivity index (χ2v) is 11.1. The average molecular weight is 497 g/mol. The molecule has 0 bridgehead atoms. The first-order chi connectivity index (χ1) is 17.6. The molecule has 190 valence electrons. The van der Waals surface area contributed by atoms with Gasteiger partial charge in [0.25, 0.3) is 5.91 Å². The number of aryl methyl sites for hydroxylation is 2. The molecule has 37 heavy (non-hydrogen) atoms. The van der Waals surface area contributed by atoms with E-state index in [1.807, 2.05) is 30.3 Å². The van der Waals surface area contributed by atoms with Crippen molar-refractivity contribution in [2.24, 2.45) is 12.5 Å². The molecule has 3 aromatic heterocycles. The Kier molecular flexibility index (Phi) is 5.33. The van der Waals surface area contributed by atoms with E-state index in [4.69, 9.17) is 5.73 Å². The third-order valence-corrected chi connectivity index (χ3v) is 7.43. The van der Waals surface area contributed by atoms with Crippen LogP contribution >= 0.6 is 0 Å². The van der Waals surface area contributed by atoms with Crippen molar-refractivity contribution in [3.05, 3.63) is 70.8 Å². The SMILES string of the molecule is Cc1cc(-c2cc(Nc3cnn(C)c3)nc(N)n2)ccc1CN1CCn2c(cc3c2CC(C)(C)C3)C1=O. The van der Waals surface area contributed by atoms with Gasteiger partial charge in [-0.3, -0.25) is 9.48 Å². The molecule has 4 aromatic rings. The van der Waals surface area contributed by atoms with Crippen LogP contribution < -0.4 is 11.1 Å². The molecule has 9 heteroatoms. The molecule has 1 aromatic carbocycles. The van der Waals surface area contributed by atoms with Crippen molar-refractivity contribution in [2.45, 2.75) is 46.7 Å². The maximum atomic E-state index is 13.4. The van der Waals surface area contributed by atoms with Gasteiger partial charge in [0.15, 0.2) is 0 Å². The number of carbonyl (C=O) groups is 1. The summed E-state index contributed by atoms with van der Waals surface area (Å²) in [5.74, 6) is 0.925. The van der Waals surface area contributed by atoms with Gasteiger partial charge in [0, 0.05) is 50.2 Å². The molecule has 0 radical (unpaired) electrons. The predicted octanol–water partition coefficient (Wildman–Crippen LogP) is 4.09. The van der Waals surface area contributed by atoms with Gasteiger partial charge in [-0.05, 0) is 54.0 Å². The molecule has 2 aliphatic rings. The minimum Gasteiger partial charge on any atom is -0.368 e. The lowest BCUT2D eigenvalue weighted by molar-refractivity contribution is 0.0688. The number of rotatable bonds is 5. The number of anilines is 3. The van der Waals surface area contributed by atoms with Crippen molar-refractivity contribution in [2.75, 3.05) is 17.6 Å². The lowest BCUT2D eigenvalue weighted by Crippen LogP contribution is -2.40. The highest BCUT2D eigenvalue weighted by Gasteiger charge is 2.36. The van der Waals surface area contributed by atoms with Crippen LogP contribution in [0.4, 0.5) is 17.5 Å². The lowest BCUT2D eigenvalue weighted by Gasteiger charge is -2.30. The molecule has 1 amide bonds. The maximum absolute atomic E-state index is 13.4. The van der Waals surface area contributed by atoms with E-state index < -0.39 is 0 Å². The van der Waals surface area contributed by atoms with Gasteiger partial charge in [0.05, 0.1) is 17.6 Å². The molecule has 0 saturated carbocycles. The quantitative estimate of drug-likeness (QED) is 0.431. The van der Waals surface area contributed by atoms with Crippen molar-refractivity contribution in [1.29, 1.82) is 0 Å². The summed E-state index contributed by atoms with van der Waals surface area (Å²) in [5.41, 5.74) is 14.6. The number of fused-ring (bicyclic) bond motifs is 3. The summed E-state index contributed by atoms with van der Waals surface area (Å²) in [6, 6.07) is 10.2. The van der Waals surface area contributed by atoms with E-state index in [1.54, 1.807) is 10.9 Å². The van der Waals surface area contributed by atoms with Crippen LogP contribution in [0.1, 0.15) is 46.7 Å². The zero-order valence-corrected chi connectivity index (χ0v) is 21.7. The van der Waals surface area contributed by atoms with Crippen LogP contribution in [0.5, 0.6) is 0 Å². The minimum absolute atomic E-state index is 0.122. The van der Waals surface area contributed by atoms with Crippen LogP contribution in [-0.4, -0.2) is 41.7 Å². The smallest absolute Gasteiger partial charge is 0.270 e. The fourth-order valence-corrected chi connectivity index (χ4v) is 5.66. The van der Waals surface area contributed by atoms with Crippen LogP contribution in [0, 0.1) is 12.3 Å². The topological polar surface area (TPSA) is 107 Å². The summed E-state index contributed by atoms with van der Waals surface area (Å²) in [6.07, 6.45) is 5.68. The fourth-order valence-electron chi connectivity index (χ4n) is 5.66. The van der Waals surface area contributed by atoms with Crippen LogP contribution in [0.15, 0.2) is 42.7 Å². The largest absolute Gasteiger partial charge is 0.368 e. The summed E-state index contributed by atoms with van der Waals surface area (Å²) < 4.78 is 3.98. The van der Waals surface area contributed by atoms with Gasteiger partial charge in [-0.1, -0.05) is 26.0 Å². The Bertz CT molecular complexity index is 1530. The third kappa shape index (κ3) is 4.34. The molecule has 1 aliphatic heterocycles. The number of nitrogens with one attached hydrogen (secondary N) is 1. The normalized spacial score (nSPS) is 16.1. The highest BCUT2D eigenvalue weighted by atomic mass is 16.2. The van der Waals surface area contributed by atoms with E-state index in [1.165, 1.54) is 11.3 Å². The number of nitrogens with two attached hydrogens (primary N) is 1. The van der Waals surface area contributed by atoms with E-state index in [2.05, 4.69) is 63.9 Å². The summed E-state index contributed by atoms with van der Waals surface area (Å²) in [5, 5.41) is 7.40. The van der Waals surface area contributed by atoms with Gasteiger partial charge in [0.2, 0.25) is 5.95 Å². The molecule has 0 saturated heterocycles. The Morgan fingerprint density at radius 3 is 2.70 bits per heavy atom. The Balaban J connectivity index is 1.20. The van der Waals surface area contributed by atoms with Gasteiger partial charge in [-0.2, -0.15) is 10.1 Å². The lowest BCUT2D eigenvalue weighted by atomic mass is 9.90. The van der Waals surface area contributed by atoms with Gasteiger partial charge in [0.1, 0.15) is 11.5 Å². The van der Waals surface area contributed by atoms with E-state index in [0.29, 0.717) is 12.4 Å². The Morgan fingerprint density at radius 1 is 1.11 bits per heavy atom. The number of hydrogen-bond donors (Lipinski definition) is 2. The van der Waals surface area contributed by atoms with Crippen LogP contribution in [-0.2, 0) is 33.0 Å². The fraction of sp³-hybridized carbons (Fsp3) is 0.357. The molecule has 6 rings (SSSR count). The monoisotopic (exact) mass is 496 g/mol. The number of nitrogens with zero attached hydrogens (tertiary/aromatic N) is 6. The molecule has 0 atom stereocenters. The van der Waals surface area contributed by atoms with Crippen LogP contribution in [0.3, 0.4) is 0 Å². The highest BCUT2D eigenvalue weighted by molar-refractivity contribution is 5.94. The van der Waals surface area contributed by atoms with Gasteiger partial charge in [-0.15, -0.1) is 0 Å². The summed E-state index contributed by atoms with van der Waals surface area (Å²) >= 11 is 0. The standard InChI is InChI=1S/C28H32N8O/c1-17-9-18(22-11-25(33-27(29)32-22)31-21-14-30-34(4)16-21)5-6-19(17)15-35-7-8-36-23(26(35)37)10-20-12-28(2,3)13-24(20)36/h5-6,9-11,14,16H,7-8,12-13,15H2,1-4H3,(H3,29,31,32,33). The van der Waals surface area contributed by atoms with Crippen molar-refractivity contribution in [3.63, 3.8) is 0 Å². The summed E-state index contributed by atoms with van der Waals surface area (Å²) in [6.45, 7) is 8.85. The Morgan fingerprint density at radius 2 is 1.95 bits per heavy atom. The number of carbonyl (C=O) groups excluding carboxylic acids is 1. The first kappa shape index (κ1) is 23.3. The molecule has 0 spiro atoms. The van der Waals surface area contributed by atoms with Crippen LogP contribution in [0.25, 0.3) is 11.3 Å². The van der Waals surface area contributed by atoms with E-state index >= 15 is 0 Å². The second-order valence-electron chi connectivity index (χ2n) is 11.1. The second kappa shape index (κ2) is 8.47. The number of amides is 1.